The maximum Gasteiger partial charge on any atom is 0.328 e. The quantitative estimate of drug-likeness (QED) is 0.927. The summed E-state index contributed by atoms with van der Waals surface area (Å²) in [5, 5.41) is 12.3. The number of carbonyl (C=O) groups is 2. The van der Waals surface area contributed by atoms with Crippen LogP contribution in [0.4, 0.5) is 10.5 Å². The summed E-state index contributed by atoms with van der Waals surface area (Å²) in [7, 11) is 0. The lowest BCUT2D eigenvalue weighted by molar-refractivity contribution is -0.128. The van der Waals surface area contributed by atoms with Gasteiger partial charge in [-0.3, -0.25) is 9.69 Å². The third-order valence-corrected chi connectivity index (χ3v) is 4.05. The van der Waals surface area contributed by atoms with Gasteiger partial charge in [0.25, 0.3) is 5.91 Å². The minimum atomic E-state index is -1.28. The molecule has 0 radical (unpaired) electrons. The van der Waals surface area contributed by atoms with Crippen molar-refractivity contribution in [2.45, 2.75) is 11.8 Å². The molecule has 1 unspecified atom stereocenters. The van der Waals surface area contributed by atoms with Gasteiger partial charge in [0.1, 0.15) is 0 Å². The van der Waals surface area contributed by atoms with Crippen LogP contribution in [0, 0.1) is 11.3 Å². The van der Waals surface area contributed by atoms with E-state index in [1.54, 1.807) is 48.5 Å². The summed E-state index contributed by atoms with van der Waals surface area (Å²) < 4.78 is 0. The smallest absolute Gasteiger partial charge is 0.307 e. The summed E-state index contributed by atoms with van der Waals surface area (Å²) in [5.74, 6) is -0.473. The number of nitriles is 1. The maximum absolute atomic E-state index is 12.7. The topological polar surface area (TPSA) is 73.2 Å². The standard InChI is InChI=1S/C18H15N3O2/c19-13-18(14-7-3-1-4-8-14)11-12-21(16(18)22)17(23)20-15-9-5-2-6-10-15/h1-10H,11-12H2,(H,20,23). The van der Waals surface area contributed by atoms with Crippen LogP contribution in [-0.4, -0.2) is 23.4 Å². The third kappa shape index (κ3) is 2.55. The molecule has 0 aromatic heterocycles. The van der Waals surface area contributed by atoms with E-state index in [1.807, 2.05) is 12.1 Å². The van der Waals surface area contributed by atoms with E-state index >= 15 is 0 Å². The summed E-state index contributed by atoms with van der Waals surface area (Å²) in [6.45, 7) is 0.222. The molecule has 2 aromatic rings. The molecule has 3 rings (SSSR count). The highest BCUT2D eigenvalue weighted by atomic mass is 16.2. The number of imide groups is 1. The summed E-state index contributed by atoms with van der Waals surface area (Å²) >= 11 is 0. The Morgan fingerprint density at radius 1 is 1.09 bits per heavy atom. The normalized spacial score (nSPS) is 20.1. The van der Waals surface area contributed by atoms with E-state index < -0.39 is 17.4 Å². The minimum Gasteiger partial charge on any atom is -0.307 e. The van der Waals surface area contributed by atoms with Crippen molar-refractivity contribution in [3.8, 4) is 6.07 Å². The van der Waals surface area contributed by atoms with Gasteiger partial charge in [0.05, 0.1) is 6.07 Å². The highest BCUT2D eigenvalue weighted by Crippen LogP contribution is 2.35. The molecule has 1 N–H and O–H groups in total. The second-order valence-corrected chi connectivity index (χ2v) is 5.39. The average molecular weight is 305 g/mol. The van der Waals surface area contributed by atoms with Crippen molar-refractivity contribution >= 4 is 17.6 Å². The molecule has 1 aliphatic heterocycles. The number of nitrogens with zero attached hydrogens (tertiary/aromatic N) is 2. The number of benzene rings is 2. The Bertz CT molecular complexity index is 768. The van der Waals surface area contributed by atoms with Crippen molar-refractivity contribution in [2.24, 2.45) is 0 Å². The van der Waals surface area contributed by atoms with Crippen molar-refractivity contribution in [3.63, 3.8) is 0 Å². The summed E-state index contributed by atoms with van der Waals surface area (Å²) in [6, 6.07) is 19.4. The fourth-order valence-corrected chi connectivity index (χ4v) is 2.78. The van der Waals surface area contributed by atoms with E-state index in [-0.39, 0.29) is 6.54 Å². The number of para-hydroxylation sites is 1. The first kappa shape index (κ1) is 14.8. The summed E-state index contributed by atoms with van der Waals surface area (Å²) in [5.41, 5.74) is -0.0445. The van der Waals surface area contributed by atoms with Crippen LogP contribution in [0.5, 0.6) is 0 Å². The fourth-order valence-electron chi connectivity index (χ4n) is 2.78. The van der Waals surface area contributed by atoms with Gasteiger partial charge in [-0.15, -0.1) is 0 Å². The molecule has 2 aromatic carbocycles. The summed E-state index contributed by atoms with van der Waals surface area (Å²) in [6.07, 6.45) is 0.300. The van der Waals surface area contributed by atoms with Crippen LogP contribution in [0.2, 0.25) is 0 Å². The molecule has 114 valence electrons. The van der Waals surface area contributed by atoms with E-state index in [9.17, 15) is 14.9 Å². The molecule has 1 saturated heterocycles. The van der Waals surface area contributed by atoms with E-state index in [0.717, 1.165) is 4.90 Å². The second kappa shape index (κ2) is 5.93. The van der Waals surface area contributed by atoms with Crippen LogP contribution in [0.25, 0.3) is 0 Å². The van der Waals surface area contributed by atoms with Crippen molar-refractivity contribution in [1.29, 1.82) is 5.26 Å². The van der Waals surface area contributed by atoms with Gasteiger partial charge in [0.15, 0.2) is 5.41 Å². The maximum atomic E-state index is 12.7. The summed E-state index contributed by atoms with van der Waals surface area (Å²) in [4.78, 5) is 26.2. The average Bonchev–Trinajstić information content (AvgIpc) is 2.94. The number of rotatable bonds is 2. The van der Waals surface area contributed by atoms with Crippen LogP contribution in [0.1, 0.15) is 12.0 Å². The van der Waals surface area contributed by atoms with Crippen LogP contribution in [0.3, 0.4) is 0 Å². The van der Waals surface area contributed by atoms with Crippen LogP contribution < -0.4 is 5.32 Å². The molecule has 0 saturated carbocycles. The number of nitrogens with one attached hydrogen (secondary N) is 1. The molecule has 1 aliphatic rings. The Morgan fingerprint density at radius 2 is 1.70 bits per heavy atom. The van der Waals surface area contributed by atoms with Gasteiger partial charge in [-0.25, -0.2) is 4.79 Å². The van der Waals surface area contributed by atoms with E-state index in [2.05, 4.69) is 11.4 Å². The minimum absolute atomic E-state index is 0.222. The first-order chi connectivity index (χ1) is 11.2. The monoisotopic (exact) mass is 305 g/mol. The molecular weight excluding hydrogens is 290 g/mol. The molecule has 1 fully saturated rings. The van der Waals surface area contributed by atoms with Crippen molar-refractivity contribution in [1.82, 2.24) is 4.90 Å². The first-order valence-electron chi connectivity index (χ1n) is 7.32. The van der Waals surface area contributed by atoms with Gasteiger partial charge < -0.3 is 5.32 Å². The molecule has 1 heterocycles. The molecule has 0 bridgehead atoms. The van der Waals surface area contributed by atoms with E-state index in [4.69, 9.17) is 0 Å². The third-order valence-electron chi connectivity index (χ3n) is 4.05. The molecule has 23 heavy (non-hydrogen) atoms. The van der Waals surface area contributed by atoms with Gasteiger partial charge >= 0.3 is 6.03 Å². The number of carbonyl (C=O) groups excluding carboxylic acids is 2. The largest absolute Gasteiger partial charge is 0.328 e. The zero-order valence-electron chi connectivity index (χ0n) is 12.4. The Morgan fingerprint density at radius 3 is 2.30 bits per heavy atom. The zero-order valence-corrected chi connectivity index (χ0v) is 12.4. The molecule has 5 heteroatoms. The Labute approximate surface area is 134 Å². The number of hydrogen-bond donors (Lipinski definition) is 1. The van der Waals surface area contributed by atoms with Gasteiger partial charge in [-0.2, -0.15) is 5.26 Å². The molecule has 1 atom stereocenters. The van der Waals surface area contributed by atoms with Gasteiger partial charge in [0, 0.05) is 12.2 Å². The van der Waals surface area contributed by atoms with Gasteiger partial charge in [-0.05, 0) is 24.1 Å². The van der Waals surface area contributed by atoms with Gasteiger partial charge in [0.2, 0.25) is 0 Å². The number of hydrogen-bond acceptors (Lipinski definition) is 3. The van der Waals surface area contributed by atoms with Crippen molar-refractivity contribution in [2.75, 3.05) is 11.9 Å². The van der Waals surface area contributed by atoms with Crippen molar-refractivity contribution in [3.05, 3.63) is 66.2 Å². The lowest BCUT2D eigenvalue weighted by atomic mass is 9.80. The van der Waals surface area contributed by atoms with Crippen LogP contribution in [0.15, 0.2) is 60.7 Å². The highest BCUT2D eigenvalue weighted by molar-refractivity contribution is 6.07. The Balaban J connectivity index is 1.84. The number of likely N-dealkylation sites (tertiary alicyclic amines) is 1. The lowest BCUT2D eigenvalue weighted by Crippen LogP contribution is -2.42. The Hall–Kier alpha value is -3.13. The molecular formula is C18H15N3O2. The zero-order chi connectivity index (χ0) is 16.3. The van der Waals surface area contributed by atoms with Crippen LogP contribution >= 0.6 is 0 Å². The molecule has 0 aliphatic carbocycles. The predicted molar refractivity (Wildman–Crippen MR) is 85.5 cm³/mol. The first-order valence-corrected chi connectivity index (χ1v) is 7.32. The highest BCUT2D eigenvalue weighted by Gasteiger charge is 2.50. The van der Waals surface area contributed by atoms with Gasteiger partial charge in [-0.1, -0.05) is 48.5 Å². The van der Waals surface area contributed by atoms with Crippen molar-refractivity contribution < 1.29 is 9.59 Å². The SMILES string of the molecule is N#CC1(c2ccccc2)CCN(C(=O)Nc2ccccc2)C1=O. The number of amides is 3. The molecule has 5 nitrogen and oxygen atoms in total. The Kier molecular flexibility index (Phi) is 3.82. The fraction of sp³-hybridized carbons (Fsp3) is 0.167. The molecule has 0 spiro atoms. The second-order valence-electron chi connectivity index (χ2n) is 5.39. The lowest BCUT2D eigenvalue weighted by Gasteiger charge is -2.20. The number of urea groups is 1. The predicted octanol–water partition coefficient (Wildman–Crippen LogP) is 2.91. The van der Waals surface area contributed by atoms with E-state index in [1.165, 1.54) is 0 Å². The molecule has 3 amide bonds. The van der Waals surface area contributed by atoms with Crippen LogP contribution in [-0.2, 0) is 10.2 Å². The van der Waals surface area contributed by atoms with E-state index in [0.29, 0.717) is 17.7 Å². The number of anilines is 1.